The molecule has 1 heterocycles. The Hall–Kier alpha value is -2.09. The highest BCUT2D eigenvalue weighted by atomic mass is 19.4. The minimum absolute atomic E-state index is 0.00492. The van der Waals surface area contributed by atoms with Crippen LogP contribution in [0.15, 0.2) is 12.1 Å². The first kappa shape index (κ1) is 17.3. The third kappa shape index (κ3) is 2.90. The van der Waals surface area contributed by atoms with E-state index in [0.29, 0.717) is 11.1 Å². The number of piperazine rings is 1. The monoisotopic (exact) mass is 330 g/mol. The number of hydrogen-bond acceptors (Lipinski definition) is 4. The lowest BCUT2D eigenvalue weighted by Crippen LogP contribution is -2.67. The van der Waals surface area contributed by atoms with Gasteiger partial charge < -0.3 is 10.1 Å². The van der Waals surface area contributed by atoms with E-state index in [2.05, 4.69) is 10.6 Å². The van der Waals surface area contributed by atoms with Crippen LogP contribution < -0.4 is 15.4 Å². The van der Waals surface area contributed by atoms with Crippen molar-refractivity contribution in [2.24, 2.45) is 0 Å². The average molecular weight is 330 g/mol. The van der Waals surface area contributed by atoms with Crippen molar-refractivity contribution in [3.8, 4) is 5.75 Å². The van der Waals surface area contributed by atoms with Gasteiger partial charge in [0.25, 0.3) is 5.91 Å². The number of alkyl halides is 3. The number of ether oxygens (including phenoxy) is 1. The molecule has 1 unspecified atom stereocenters. The Labute approximate surface area is 131 Å². The zero-order chi connectivity index (χ0) is 17.4. The van der Waals surface area contributed by atoms with Gasteiger partial charge in [-0.15, -0.1) is 0 Å². The normalized spacial score (nSPS) is 21.7. The van der Waals surface area contributed by atoms with E-state index in [4.69, 9.17) is 4.74 Å². The summed E-state index contributed by atoms with van der Waals surface area (Å²) in [6.45, 7) is 4.38. The number of aryl methyl sites for hydroxylation is 2. The molecular formula is C15H17F3N2O3. The smallest absolute Gasteiger partial charge is 0.419 e. The predicted molar refractivity (Wildman–Crippen MR) is 76.0 cm³/mol. The number of nitrogens with one attached hydrogen (secondary N) is 2. The van der Waals surface area contributed by atoms with Crippen molar-refractivity contribution in [3.05, 3.63) is 28.8 Å². The third-order valence-corrected chi connectivity index (χ3v) is 3.71. The molecule has 1 aromatic carbocycles. The van der Waals surface area contributed by atoms with Crippen LogP contribution in [0.5, 0.6) is 5.75 Å². The van der Waals surface area contributed by atoms with Crippen LogP contribution in [0.2, 0.25) is 0 Å². The summed E-state index contributed by atoms with van der Waals surface area (Å²) < 4.78 is 46.1. The number of esters is 1. The van der Waals surface area contributed by atoms with E-state index in [1.165, 1.54) is 32.9 Å². The molecule has 1 atom stereocenters. The molecule has 1 aliphatic rings. The van der Waals surface area contributed by atoms with Gasteiger partial charge in [0.15, 0.2) is 0 Å². The van der Waals surface area contributed by atoms with Crippen LogP contribution in [0.4, 0.5) is 13.2 Å². The molecule has 0 spiro atoms. The fraction of sp³-hybridized carbons (Fsp3) is 0.467. The maximum atomic E-state index is 13.7. The number of carbonyl (C=O) groups is 2. The van der Waals surface area contributed by atoms with Gasteiger partial charge in [-0.2, -0.15) is 13.2 Å². The Morgan fingerprint density at radius 2 is 1.78 bits per heavy atom. The van der Waals surface area contributed by atoms with Crippen LogP contribution in [0.3, 0.4) is 0 Å². The molecular weight excluding hydrogens is 313 g/mol. The van der Waals surface area contributed by atoms with E-state index in [-0.39, 0.29) is 24.4 Å². The standard InChI is InChI=1S/C15H17F3N2O3/c1-8-6-11(7-9(2)12(8)23-10(3)21)14(15(16,17)18)13(22)19-4-5-20-14/h6-7,20H,4-5H2,1-3H3,(H,19,22). The highest BCUT2D eigenvalue weighted by Gasteiger charge is 2.62. The highest BCUT2D eigenvalue weighted by Crippen LogP contribution is 2.42. The summed E-state index contributed by atoms with van der Waals surface area (Å²) in [5.74, 6) is -1.51. The van der Waals surface area contributed by atoms with E-state index in [1.807, 2.05) is 0 Å². The molecule has 0 radical (unpaired) electrons. The number of benzene rings is 1. The van der Waals surface area contributed by atoms with Crippen LogP contribution in [0, 0.1) is 13.8 Å². The molecule has 2 rings (SSSR count). The minimum atomic E-state index is -4.82. The van der Waals surface area contributed by atoms with Crippen molar-refractivity contribution in [2.45, 2.75) is 32.5 Å². The maximum absolute atomic E-state index is 13.7. The third-order valence-electron chi connectivity index (χ3n) is 3.71. The SMILES string of the molecule is CC(=O)Oc1c(C)cc(C2(C(F)(F)F)NCCNC2=O)cc1C. The molecule has 2 N–H and O–H groups in total. The molecule has 1 saturated heterocycles. The van der Waals surface area contributed by atoms with Crippen LogP contribution >= 0.6 is 0 Å². The van der Waals surface area contributed by atoms with Gasteiger partial charge in [-0.05, 0) is 42.7 Å². The lowest BCUT2D eigenvalue weighted by atomic mass is 9.84. The number of carbonyl (C=O) groups excluding carboxylic acids is 2. The van der Waals surface area contributed by atoms with Crippen molar-refractivity contribution in [3.63, 3.8) is 0 Å². The molecule has 0 aromatic heterocycles. The van der Waals surface area contributed by atoms with E-state index < -0.39 is 23.6 Å². The Kier molecular flexibility index (Phi) is 4.39. The van der Waals surface area contributed by atoms with Crippen molar-refractivity contribution >= 4 is 11.9 Å². The van der Waals surface area contributed by atoms with E-state index in [0.717, 1.165) is 0 Å². The molecule has 0 aliphatic carbocycles. The maximum Gasteiger partial charge on any atom is 0.419 e. The number of halogens is 3. The van der Waals surface area contributed by atoms with E-state index in [9.17, 15) is 22.8 Å². The summed E-state index contributed by atoms with van der Waals surface area (Å²) in [6, 6.07) is 2.44. The van der Waals surface area contributed by atoms with Gasteiger partial charge in [-0.25, -0.2) is 0 Å². The van der Waals surface area contributed by atoms with Gasteiger partial charge >= 0.3 is 12.1 Å². The molecule has 5 nitrogen and oxygen atoms in total. The Balaban J connectivity index is 2.62. The number of rotatable bonds is 2. The predicted octanol–water partition coefficient (Wildman–Crippen LogP) is 1.71. The second-order valence-corrected chi connectivity index (χ2v) is 5.46. The summed E-state index contributed by atoms with van der Waals surface area (Å²) >= 11 is 0. The Morgan fingerprint density at radius 3 is 2.22 bits per heavy atom. The van der Waals surface area contributed by atoms with Gasteiger partial charge in [0.1, 0.15) is 5.75 Å². The molecule has 0 bridgehead atoms. The highest BCUT2D eigenvalue weighted by molar-refractivity contribution is 5.89. The average Bonchev–Trinajstić information content (AvgIpc) is 2.41. The van der Waals surface area contributed by atoms with Crippen LogP contribution in [0.25, 0.3) is 0 Å². The second kappa shape index (κ2) is 5.84. The van der Waals surface area contributed by atoms with Gasteiger partial charge in [-0.1, -0.05) is 0 Å². The molecule has 1 aromatic rings. The molecule has 1 fully saturated rings. The van der Waals surface area contributed by atoms with Crippen molar-refractivity contribution in [1.29, 1.82) is 0 Å². The van der Waals surface area contributed by atoms with Gasteiger partial charge in [0.2, 0.25) is 5.54 Å². The summed E-state index contributed by atoms with van der Waals surface area (Å²) in [5.41, 5.74) is -2.35. The van der Waals surface area contributed by atoms with Crippen LogP contribution in [0.1, 0.15) is 23.6 Å². The minimum Gasteiger partial charge on any atom is -0.426 e. The van der Waals surface area contributed by atoms with Crippen molar-refractivity contribution < 1.29 is 27.5 Å². The quantitative estimate of drug-likeness (QED) is 0.640. The first-order valence-corrected chi connectivity index (χ1v) is 7.00. The summed E-state index contributed by atoms with van der Waals surface area (Å²) in [5, 5.41) is 4.57. The van der Waals surface area contributed by atoms with Crippen molar-refractivity contribution in [2.75, 3.05) is 13.1 Å². The fourth-order valence-corrected chi connectivity index (χ4v) is 2.74. The first-order chi connectivity index (χ1) is 10.6. The topological polar surface area (TPSA) is 67.4 Å². The van der Waals surface area contributed by atoms with Crippen LogP contribution in [-0.4, -0.2) is 31.1 Å². The zero-order valence-electron chi connectivity index (χ0n) is 12.9. The Bertz CT molecular complexity index is 635. The summed E-state index contributed by atoms with van der Waals surface area (Å²) in [7, 11) is 0. The van der Waals surface area contributed by atoms with E-state index >= 15 is 0 Å². The van der Waals surface area contributed by atoms with Crippen LogP contribution in [-0.2, 0) is 15.1 Å². The summed E-state index contributed by atoms with van der Waals surface area (Å²) in [4.78, 5) is 23.2. The van der Waals surface area contributed by atoms with Gasteiger partial charge in [-0.3, -0.25) is 14.9 Å². The lowest BCUT2D eigenvalue weighted by Gasteiger charge is -2.39. The molecule has 1 amide bonds. The molecule has 1 aliphatic heterocycles. The molecule has 8 heteroatoms. The molecule has 0 saturated carbocycles. The molecule has 23 heavy (non-hydrogen) atoms. The van der Waals surface area contributed by atoms with Crippen molar-refractivity contribution in [1.82, 2.24) is 10.6 Å². The van der Waals surface area contributed by atoms with E-state index in [1.54, 1.807) is 0 Å². The fourth-order valence-electron chi connectivity index (χ4n) is 2.74. The largest absolute Gasteiger partial charge is 0.426 e. The molecule has 126 valence electrons. The zero-order valence-corrected chi connectivity index (χ0v) is 12.9. The lowest BCUT2D eigenvalue weighted by molar-refractivity contribution is -0.206. The Morgan fingerprint density at radius 1 is 1.22 bits per heavy atom. The summed E-state index contributed by atoms with van der Waals surface area (Å²) in [6.07, 6.45) is -4.82. The second-order valence-electron chi connectivity index (χ2n) is 5.46. The van der Waals surface area contributed by atoms with Gasteiger partial charge in [0, 0.05) is 20.0 Å². The van der Waals surface area contributed by atoms with Gasteiger partial charge in [0.05, 0.1) is 0 Å². The first-order valence-electron chi connectivity index (χ1n) is 7.00. The number of hydrogen-bond donors (Lipinski definition) is 2. The number of amides is 1.